The van der Waals surface area contributed by atoms with Gasteiger partial charge in [0.15, 0.2) is 10.8 Å². The van der Waals surface area contributed by atoms with Gasteiger partial charge in [0.25, 0.3) is 0 Å². The molecule has 1 atom stereocenters. The molecule has 6 heteroatoms. The number of nitrogens with zero attached hydrogens (tertiary/aromatic N) is 4. The fourth-order valence-corrected chi connectivity index (χ4v) is 3.42. The van der Waals surface area contributed by atoms with Gasteiger partial charge in [-0.05, 0) is 32.4 Å². The van der Waals surface area contributed by atoms with Crippen LogP contribution in [-0.4, -0.2) is 19.7 Å². The minimum atomic E-state index is 0.179. The van der Waals surface area contributed by atoms with Crippen molar-refractivity contribution >= 4 is 26.8 Å². The number of anilines is 1. The molecule has 0 aliphatic carbocycles. The van der Waals surface area contributed by atoms with Crippen LogP contribution in [0.15, 0.2) is 18.2 Å². The van der Waals surface area contributed by atoms with Gasteiger partial charge in [-0.3, -0.25) is 4.98 Å². The van der Waals surface area contributed by atoms with Crippen molar-refractivity contribution in [2.75, 3.05) is 5.32 Å². The molecule has 5 nitrogen and oxygen atoms in total. The highest BCUT2D eigenvalue weighted by Gasteiger charge is 2.16. The van der Waals surface area contributed by atoms with Crippen LogP contribution in [0.5, 0.6) is 0 Å². The van der Waals surface area contributed by atoms with E-state index in [0.717, 1.165) is 39.0 Å². The molecule has 0 aromatic carbocycles. The third kappa shape index (κ3) is 2.63. The Morgan fingerprint density at radius 3 is 2.76 bits per heavy atom. The third-order valence-electron chi connectivity index (χ3n) is 3.52. The highest BCUT2D eigenvalue weighted by Crippen LogP contribution is 2.31. The van der Waals surface area contributed by atoms with Crippen molar-refractivity contribution in [1.29, 1.82) is 0 Å². The van der Waals surface area contributed by atoms with Gasteiger partial charge in [0.2, 0.25) is 0 Å². The molecule has 0 fully saturated rings. The Hall–Kier alpha value is -1.95. The molecule has 110 valence electrons. The molecule has 0 saturated heterocycles. The molecule has 3 aromatic rings. The van der Waals surface area contributed by atoms with E-state index in [9.17, 15) is 0 Å². The molecular formula is C15H19N5S. The number of nitrogens with one attached hydrogen (secondary N) is 1. The average Bonchev–Trinajstić information content (AvgIpc) is 2.98. The SMILES string of the molecule is CCC(Nc1nc2c(s1)c(C)nn2C)c1cccc(C)n1. The van der Waals surface area contributed by atoms with Crippen LogP contribution in [0.1, 0.15) is 36.5 Å². The summed E-state index contributed by atoms with van der Waals surface area (Å²) in [5.41, 5.74) is 4.07. The summed E-state index contributed by atoms with van der Waals surface area (Å²) in [6.07, 6.45) is 0.962. The van der Waals surface area contributed by atoms with Crippen molar-refractivity contribution in [2.45, 2.75) is 33.2 Å². The summed E-state index contributed by atoms with van der Waals surface area (Å²) in [5.74, 6) is 0. The fourth-order valence-electron chi connectivity index (χ4n) is 2.44. The molecule has 1 unspecified atom stereocenters. The maximum absolute atomic E-state index is 4.65. The minimum Gasteiger partial charge on any atom is -0.353 e. The maximum atomic E-state index is 4.65. The van der Waals surface area contributed by atoms with Crippen molar-refractivity contribution in [3.63, 3.8) is 0 Å². The van der Waals surface area contributed by atoms with Gasteiger partial charge in [-0.1, -0.05) is 24.3 Å². The summed E-state index contributed by atoms with van der Waals surface area (Å²) in [7, 11) is 1.93. The van der Waals surface area contributed by atoms with E-state index in [1.807, 2.05) is 31.6 Å². The molecular weight excluding hydrogens is 282 g/mol. The summed E-state index contributed by atoms with van der Waals surface area (Å²) in [4.78, 5) is 9.26. The van der Waals surface area contributed by atoms with Gasteiger partial charge >= 0.3 is 0 Å². The lowest BCUT2D eigenvalue weighted by atomic mass is 10.1. The van der Waals surface area contributed by atoms with E-state index in [1.54, 1.807) is 11.3 Å². The summed E-state index contributed by atoms with van der Waals surface area (Å²) < 4.78 is 2.98. The van der Waals surface area contributed by atoms with Crippen molar-refractivity contribution in [3.8, 4) is 0 Å². The van der Waals surface area contributed by atoms with E-state index in [-0.39, 0.29) is 6.04 Å². The number of aromatic nitrogens is 4. The maximum Gasteiger partial charge on any atom is 0.185 e. The van der Waals surface area contributed by atoms with E-state index in [0.29, 0.717) is 0 Å². The Morgan fingerprint density at radius 1 is 1.29 bits per heavy atom. The van der Waals surface area contributed by atoms with Crippen LogP contribution in [0.25, 0.3) is 10.3 Å². The van der Waals surface area contributed by atoms with Crippen LogP contribution < -0.4 is 5.32 Å². The number of rotatable bonds is 4. The second-order valence-electron chi connectivity index (χ2n) is 5.19. The van der Waals surface area contributed by atoms with E-state index in [4.69, 9.17) is 0 Å². The van der Waals surface area contributed by atoms with Crippen molar-refractivity contribution in [1.82, 2.24) is 19.7 Å². The lowest BCUT2D eigenvalue weighted by Gasteiger charge is -2.16. The lowest BCUT2D eigenvalue weighted by Crippen LogP contribution is -2.11. The van der Waals surface area contributed by atoms with Crippen LogP contribution in [0.4, 0.5) is 5.13 Å². The quantitative estimate of drug-likeness (QED) is 0.800. The standard InChI is InChI=1S/C15H19N5S/c1-5-11(12-8-6-7-9(2)16-12)17-15-18-14-13(21-15)10(3)19-20(14)4/h6-8,11H,5H2,1-4H3,(H,17,18). The molecule has 1 N–H and O–H groups in total. The predicted octanol–water partition coefficient (Wildman–Crippen LogP) is 3.60. The van der Waals surface area contributed by atoms with Crippen molar-refractivity contribution in [3.05, 3.63) is 35.3 Å². The molecule has 3 aromatic heterocycles. The Labute approximate surface area is 128 Å². The van der Waals surface area contributed by atoms with Gasteiger partial charge in [0.05, 0.1) is 22.1 Å². The molecule has 0 spiro atoms. The monoisotopic (exact) mass is 301 g/mol. The molecule has 0 amide bonds. The van der Waals surface area contributed by atoms with Gasteiger partial charge in [-0.25, -0.2) is 9.67 Å². The van der Waals surface area contributed by atoms with Gasteiger partial charge in [0.1, 0.15) is 0 Å². The molecule has 3 heterocycles. The first-order chi connectivity index (χ1) is 10.1. The predicted molar refractivity (Wildman–Crippen MR) is 86.8 cm³/mol. The highest BCUT2D eigenvalue weighted by atomic mass is 32.1. The first-order valence-corrected chi connectivity index (χ1v) is 7.90. The molecule has 0 saturated carbocycles. The van der Waals surface area contributed by atoms with Crippen molar-refractivity contribution in [2.24, 2.45) is 7.05 Å². The molecule has 0 aliphatic heterocycles. The topological polar surface area (TPSA) is 55.6 Å². The first kappa shape index (κ1) is 14.0. The second-order valence-corrected chi connectivity index (χ2v) is 6.19. The number of thiazole rings is 1. The zero-order chi connectivity index (χ0) is 15.0. The van der Waals surface area contributed by atoms with Crippen LogP contribution in [0.3, 0.4) is 0 Å². The number of pyridine rings is 1. The van der Waals surface area contributed by atoms with E-state index in [2.05, 4.69) is 39.4 Å². The van der Waals surface area contributed by atoms with E-state index < -0.39 is 0 Å². The molecule has 21 heavy (non-hydrogen) atoms. The summed E-state index contributed by atoms with van der Waals surface area (Å²) >= 11 is 1.65. The zero-order valence-corrected chi connectivity index (χ0v) is 13.5. The summed E-state index contributed by atoms with van der Waals surface area (Å²) in [6, 6.07) is 6.31. The first-order valence-electron chi connectivity index (χ1n) is 7.08. The van der Waals surface area contributed by atoms with Gasteiger partial charge < -0.3 is 5.32 Å². The highest BCUT2D eigenvalue weighted by molar-refractivity contribution is 7.22. The van der Waals surface area contributed by atoms with Crippen LogP contribution in [0.2, 0.25) is 0 Å². The Kier molecular flexibility index (Phi) is 3.63. The van der Waals surface area contributed by atoms with Crippen molar-refractivity contribution < 1.29 is 0 Å². The number of hydrogen-bond acceptors (Lipinski definition) is 5. The van der Waals surface area contributed by atoms with Gasteiger partial charge in [-0.2, -0.15) is 5.10 Å². The molecule has 0 aliphatic rings. The Balaban J connectivity index is 1.90. The summed E-state index contributed by atoms with van der Waals surface area (Å²) in [6.45, 7) is 6.19. The van der Waals surface area contributed by atoms with Gasteiger partial charge in [0, 0.05) is 12.7 Å². The molecule has 0 radical (unpaired) electrons. The lowest BCUT2D eigenvalue weighted by molar-refractivity contribution is 0.718. The molecule has 3 rings (SSSR count). The normalized spacial score (nSPS) is 12.8. The zero-order valence-electron chi connectivity index (χ0n) is 12.7. The van der Waals surface area contributed by atoms with Crippen LogP contribution in [0, 0.1) is 13.8 Å². The van der Waals surface area contributed by atoms with E-state index >= 15 is 0 Å². The number of fused-ring (bicyclic) bond motifs is 1. The Morgan fingerprint density at radius 2 is 2.10 bits per heavy atom. The molecule has 0 bridgehead atoms. The minimum absolute atomic E-state index is 0.179. The summed E-state index contributed by atoms with van der Waals surface area (Å²) in [5, 5.41) is 8.82. The number of hydrogen-bond donors (Lipinski definition) is 1. The largest absolute Gasteiger partial charge is 0.353 e. The smallest absolute Gasteiger partial charge is 0.185 e. The second kappa shape index (κ2) is 5.44. The average molecular weight is 301 g/mol. The fraction of sp³-hybridized carbons (Fsp3) is 0.400. The third-order valence-corrected chi connectivity index (χ3v) is 4.60. The van der Waals surface area contributed by atoms with E-state index in [1.165, 1.54) is 0 Å². The van der Waals surface area contributed by atoms with Crippen LogP contribution in [-0.2, 0) is 7.05 Å². The number of aryl methyl sites for hydroxylation is 3. The van der Waals surface area contributed by atoms with Gasteiger partial charge in [-0.15, -0.1) is 0 Å². The van der Waals surface area contributed by atoms with Crippen LogP contribution >= 0.6 is 11.3 Å². The Bertz CT molecular complexity index is 739.